The van der Waals surface area contributed by atoms with Crippen molar-refractivity contribution in [1.29, 1.82) is 0 Å². The summed E-state index contributed by atoms with van der Waals surface area (Å²) in [5.74, 6) is -1.93. The second-order valence-electron chi connectivity index (χ2n) is 5.02. The quantitative estimate of drug-likeness (QED) is 0.709. The van der Waals surface area contributed by atoms with Gasteiger partial charge in [0.1, 0.15) is 0 Å². The molecule has 1 saturated carbocycles. The summed E-state index contributed by atoms with van der Waals surface area (Å²) in [5.41, 5.74) is -0.0289. The number of nitrogens with one attached hydrogen (secondary N) is 1. The molecule has 6 nitrogen and oxygen atoms in total. The van der Waals surface area contributed by atoms with Gasteiger partial charge in [-0.1, -0.05) is 6.07 Å². The van der Waals surface area contributed by atoms with Crippen LogP contribution in [0.5, 0.6) is 0 Å². The lowest BCUT2D eigenvalue weighted by Crippen LogP contribution is -2.27. The molecule has 1 fully saturated rings. The number of hydrogen-bond donors (Lipinski definition) is 2. The number of rotatable bonds is 7. The normalized spacial score (nSPS) is 20.4. The highest BCUT2D eigenvalue weighted by Crippen LogP contribution is 2.38. The van der Waals surface area contributed by atoms with Gasteiger partial charge in [-0.2, -0.15) is 0 Å². The topological polar surface area (TPSA) is 88.4 Å². The number of pyridine rings is 1. The third kappa shape index (κ3) is 3.69. The van der Waals surface area contributed by atoms with Crippen LogP contribution >= 0.6 is 0 Å². The number of unbranched alkanes of at least 4 members (excludes halogenated alkanes) is 1. The number of carboxylic acid groups (broad SMARTS) is 1. The summed E-state index contributed by atoms with van der Waals surface area (Å²) in [7, 11) is 0. The van der Waals surface area contributed by atoms with Gasteiger partial charge < -0.3 is 15.0 Å². The third-order valence-corrected chi connectivity index (χ3v) is 3.47. The van der Waals surface area contributed by atoms with Crippen LogP contribution in [0.1, 0.15) is 19.3 Å². The number of carbonyl (C=O) groups excluding carboxylic acids is 1. The Morgan fingerprint density at radius 1 is 1.30 bits per heavy atom. The Labute approximate surface area is 116 Å². The van der Waals surface area contributed by atoms with Crippen molar-refractivity contribution in [2.75, 3.05) is 6.54 Å². The summed E-state index contributed by atoms with van der Waals surface area (Å²) in [5, 5.41) is 11.5. The van der Waals surface area contributed by atoms with Gasteiger partial charge >= 0.3 is 5.97 Å². The summed E-state index contributed by atoms with van der Waals surface area (Å²) in [4.78, 5) is 33.6. The van der Waals surface area contributed by atoms with Crippen LogP contribution in [0, 0.1) is 11.8 Å². The minimum atomic E-state index is -0.895. The van der Waals surface area contributed by atoms with Crippen LogP contribution in [0.15, 0.2) is 29.2 Å². The van der Waals surface area contributed by atoms with Gasteiger partial charge in [-0.25, -0.2) is 0 Å². The summed E-state index contributed by atoms with van der Waals surface area (Å²) in [6.07, 6.45) is 3.73. The van der Waals surface area contributed by atoms with Crippen LogP contribution < -0.4 is 10.9 Å². The third-order valence-electron chi connectivity index (χ3n) is 3.47. The Morgan fingerprint density at radius 3 is 2.75 bits per heavy atom. The van der Waals surface area contributed by atoms with E-state index in [-0.39, 0.29) is 17.4 Å². The summed E-state index contributed by atoms with van der Waals surface area (Å²) >= 11 is 0. The molecule has 2 atom stereocenters. The fourth-order valence-corrected chi connectivity index (χ4v) is 2.15. The van der Waals surface area contributed by atoms with Crippen molar-refractivity contribution in [3.05, 3.63) is 34.7 Å². The van der Waals surface area contributed by atoms with Crippen molar-refractivity contribution in [3.63, 3.8) is 0 Å². The van der Waals surface area contributed by atoms with Crippen molar-refractivity contribution in [3.8, 4) is 0 Å². The molecule has 1 aliphatic rings. The van der Waals surface area contributed by atoms with E-state index in [2.05, 4.69) is 5.32 Å². The lowest BCUT2D eigenvalue weighted by atomic mass is 10.2. The highest BCUT2D eigenvalue weighted by atomic mass is 16.4. The summed E-state index contributed by atoms with van der Waals surface area (Å²) in [6.45, 7) is 1.14. The lowest BCUT2D eigenvalue weighted by Gasteiger charge is -2.06. The largest absolute Gasteiger partial charge is 0.481 e. The number of carboxylic acids is 1. The Hall–Kier alpha value is -2.11. The Balaban J connectivity index is 1.61. The van der Waals surface area contributed by atoms with Crippen LogP contribution in [0.3, 0.4) is 0 Å². The molecule has 0 saturated heterocycles. The molecule has 1 amide bonds. The van der Waals surface area contributed by atoms with Gasteiger partial charge in [-0.05, 0) is 25.3 Å². The molecule has 6 heteroatoms. The van der Waals surface area contributed by atoms with E-state index in [0.29, 0.717) is 19.5 Å². The lowest BCUT2D eigenvalue weighted by molar-refractivity contribution is -0.140. The maximum Gasteiger partial charge on any atom is 0.307 e. The summed E-state index contributed by atoms with van der Waals surface area (Å²) < 4.78 is 1.63. The van der Waals surface area contributed by atoms with Crippen LogP contribution in [-0.4, -0.2) is 28.1 Å². The molecular formula is C14H18N2O4. The number of hydrogen-bond acceptors (Lipinski definition) is 3. The monoisotopic (exact) mass is 278 g/mol. The van der Waals surface area contributed by atoms with Crippen LogP contribution in [0.25, 0.3) is 0 Å². The zero-order valence-corrected chi connectivity index (χ0v) is 11.1. The van der Waals surface area contributed by atoms with Crippen LogP contribution in [-0.2, 0) is 16.1 Å². The highest BCUT2D eigenvalue weighted by Gasteiger charge is 2.48. The molecule has 0 aromatic carbocycles. The zero-order chi connectivity index (χ0) is 14.5. The first kappa shape index (κ1) is 14.3. The predicted molar refractivity (Wildman–Crippen MR) is 72.2 cm³/mol. The maximum atomic E-state index is 11.6. The number of aromatic nitrogens is 1. The smallest absolute Gasteiger partial charge is 0.307 e. The van der Waals surface area contributed by atoms with Crippen LogP contribution in [0.2, 0.25) is 0 Å². The molecule has 0 unspecified atom stereocenters. The van der Waals surface area contributed by atoms with Crippen molar-refractivity contribution in [2.45, 2.75) is 25.8 Å². The molecule has 108 valence electrons. The molecule has 20 heavy (non-hydrogen) atoms. The molecule has 1 aromatic heterocycles. The van der Waals surface area contributed by atoms with E-state index >= 15 is 0 Å². The molecule has 0 radical (unpaired) electrons. The van der Waals surface area contributed by atoms with E-state index in [0.717, 1.165) is 12.8 Å². The van der Waals surface area contributed by atoms with E-state index in [1.807, 2.05) is 6.07 Å². The van der Waals surface area contributed by atoms with Crippen molar-refractivity contribution in [1.82, 2.24) is 9.88 Å². The number of nitrogens with zero attached hydrogens (tertiary/aromatic N) is 1. The van der Waals surface area contributed by atoms with Gasteiger partial charge in [0.2, 0.25) is 11.5 Å². The van der Waals surface area contributed by atoms with E-state index in [1.54, 1.807) is 16.8 Å². The summed E-state index contributed by atoms with van der Waals surface area (Å²) in [6, 6.07) is 5.02. The average Bonchev–Trinajstić information content (AvgIpc) is 3.20. The first-order chi connectivity index (χ1) is 9.59. The van der Waals surface area contributed by atoms with Crippen molar-refractivity contribution >= 4 is 11.9 Å². The predicted octanol–water partition coefficient (Wildman–Crippen LogP) is 0.465. The van der Waals surface area contributed by atoms with Gasteiger partial charge in [0, 0.05) is 25.4 Å². The fourth-order valence-electron chi connectivity index (χ4n) is 2.15. The van der Waals surface area contributed by atoms with E-state index in [9.17, 15) is 14.4 Å². The Kier molecular flexibility index (Phi) is 4.55. The second kappa shape index (κ2) is 6.36. The molecule has 1 heterocycles. The van der Waals surface area contributed by atoms with Crippen LogP contribution in [0.4, 0.5) is 0 Å². The Morgan fingerprint density at radius 2 is 2.10 bits per heavy atom. The standard InChI is InChI=1S/C14H18N2O4/c17-12-5-1-3-7-16(12)8-4-2-6-15-13(18)10-9-11(10)14(19)20/h1,3,5,7,10-11H,2,4,6,8-9H2,(H,15,18)(H,19,20)/t10-,11-/m1/s1. The molecule has 0 spiro atoms. The number of aryl methyl sites for hydroxylation is 1. The Bertz CT molecular complexity index is 552. The maximum absolute atomic E-state index is 11.6. The molecule has 1 aromatic rings. The van der Waals surface area contributed by atoms with Gasteiger partial charge in [0.25, 0.3) is 0 Å². The SMILES string of the molecule is O=C(O)[C@@H]1C[C@H]1C(=O)NCCCCn1ccccc1=O. The highest BCUT2D eigenvalue weighted by molar-refractivity contribution is 5.89. The van der Waals surface area contributed by atoms with E-state index in [4.69, 9.17) is 5.11 Å². The average molecular weight is 278 g/mol. The van der Waals surface area contributed by atoms with E-state index < -0.39 is 11.9 Å². The van der Waals surface area contributed by atoms with Crippen molar-refractivity contribution < 1.29 is 14.7 Å². The molecule has 2 N–H and O–H groups in total. The minimum Gasteiger partial charge on any atom is -0.481 e. The molecular weight excluding hydrogens is 260 g/mol. The molecule has 2 rings (SSSR count). The molecule has 0 aliphatic heterocycles. The van der Waals surface area contributed by atoms with Gasteiger partial charge in [0.05, 0.1) is 11.8 Å². The first-order valence-corrected chi connectivity index (χ1v) is 6.75. The van der Waals surface area contributed by atoms with Gasteiger partial charge in [0.15, 0.2) is 0 Å². The van der Waals surface area contributed by atoms with Gasteiger partial charge in [-0.3, -0.25) is 14.4 Å². The number of carbonyl (C=O) groups is 2. The number of amides is 1. The molecule has 0 bridgehead atoms. The first-order valence-electron chi connectivity index (χ1n) is 6.75. The van der Waals surface area contributed by atoms with E-state index in [1.165, 1.54) is 6.07 Å². The molecule has 1 aliphatic carbocycles. The van der Waals surface area contributed by atoms with Crippen molar-refractivity contribution in [2.24, 2.45) is 11.8 Å². The van der Waals surface area contributed by atoms with Gasteiger partial charge in [-0.15, -0.1) is 0 Å². The minimum absolute atomic E-state index is 0.0289. The number of aliphatic carboxylic acids is 1. The fraction of sp³-hybridized carbons (Fsp3) is 0.500. The zero-order valence-electron chi connectivity index (χ0n) is 11.1. The second-order valence-corrected chi connectivity index (χ2v) is 5.02.